The smallest absolute Gasteiger partial charge is 0.243 e. The van der Waals surface area contributed by atoms with Crippen LogP contribution in [0.5, 0.6) is 0 Å². The molecule has 1 aliphatic rings. The van der Waals surface area contributed by atoms with Gasteiger partial charge < -0.3 is 4.74 Å². The Labute approximate surface area is 175 Å². The van der Waals surface area contributed by atoms with Crippen LogP contribution in [0.1, 0.15) is 29.9 Å². The normalized spacial score (nSPS) is 14.3. The number of methoxy groups -OCH3 is 1. The molecule has 0 unspecified atom stereocenters. The van der Waals surface area contributed by atoms with Crippen LogP contribution < -0.4 is 4.90 Å². The topological polar surface area (TPSA) is 92.7 Å². The second-order valence-corrected chi connectivity index (χ2v) is 9.18. The summed E-state index contributed by atoms with van der Waals surface area (Å²) in [6.07, 6.45) is 1.62. The number of hydrogen-bond acceptors (Lipinski definition) is 6. The molecule has 30 heavy (non-hydrogen) atoms. The van der Waals surface area contributed by atoms with Gasteiger partial charge in [-0.15, -0.1) is 0 Å². The van der Waals surface area contributed by atoms with Gasteiger partial charge in [-0.3, -0.25) is 9.69 Å². The van der Waals surface area contributed by atoms with Gasteiger partial charge >= 0.3 is 0 Å². The molecule has 1 aromatic heterocycles. The zero-order valence-electron chi connectivity index (χ0n) is 17.3. The summed E-state index contributed by atoms with van der Waals surface area (Å²) in [7, 11) is -0.820. The zero-order valence-corrected chi connectivity index (χ0v) is 18.1. The molecule has 8 nitrogen and oxygen atoms in total. The molecule has 10 heteroatoms. The fourth-order valence-electron chi connectivity index (χ4n) is 3.38. The van der Waals surface area contributed by atoms with E-state index < -0.39 is 15.8 Å². The van der Waals surface area contributed by atoms with E-state index in [0.29, 0.717) is 44.1 Å². The number of benzene rings is 1. The van der Waals surface area contributed by atoms with Crippen molar-refractivity contribution in [2.24, 2.45) is 0 Å². The molecule has 0 spiro atoms. The molecular weight excluding hydrogens is 411 g/mol. The molecule has 0 N–H and O–H groups in total. The minimum Gasteiger partial charge on any atom is -0.385 e. The Morgan fingerprint density at radius 1 is 1.20 bits per heavy atom. The first-order valence-electron chi connectivity index (χ1n) is 9.61. The number of aryl methyl sites for hydroxylation is 1. The van der Waals surface area contributed by atoms with Gasteiger partial charge in [0.25, 0.3) is 0 Å². The third kappa shape index (κ3) is 4.66. The first-order valence-corrected chi connectivity index (χ1v) is 11.1. The number of carbonyl (C=O) groups is 1. The SMILES string of the molecule is COCCCN1C(=O)CCc2c(C)nc(CN(C)S(=O)(=O)c3ccc(F)cc3)nc21. The van der Waals surface area contributed by atoms with Crippen LogP contribution in [-0.4, -0.2) is 55.9 Å². The Hall–Kier alpha value is -2.43. The highest BCUT2D eigenvalue weighted by Crippen LogP contribution is 2.28. The predicted octanol–water partition coefficient (Wildman–Crippen LogP) is 2.06. The number of hydrogen-bond donors (Lipinski definition) is 0. The first kappa shape index (κ1) is 22.3. The number of halogens is 1. The largest absolute Gasteiger partial charge is 0.385 e. The number of rotatable bonds is 8. The van der Waals surface area contributed by atoms with Crippen LogP contribution in [-0.2, 0) is 32.5 Å². The fourth-order valence-corrected chi connectivity index (χ4v) is 4.50. The van der Waals surface area contributed by atoms with Gasteiger partial charge in [0, 0.05) is 45.0 Å². The van der Waals surface area contributed by atoms with Crippen LogP contribution in [0.4, 0.5) is 10.2 Å². The predicted molar refractivity (Wildman–Crippen MR) is 109 cm³/mol. The molecule has 0 aliphatic carbocycles. The summed E-state index contributed by atoms with van der Waals surface area (Å²) in [6.45, 7) is 2.75. The van der Waals surface area contributed by atoms with E-state index in [4.69, 9.17) is 4.74 Å². The van der Waals surface area contributed by atoms with Crippen molar-refractivity contribution in [1.82, 2.24) is 14.3 Å². The molecule has 2 heterocycles. The Kier molecular flexibility index (Phi) is 6.79. The van der Waals surface area contributed by atoms with Gasteiger partial charge in [-0.05, 0) is 44.0 Å². The molecule has 2 aromatic rings. The highest BCUT2D eigenvalue weighted by molar-refractivity contribution is 7.89. The zero-order chi connectivity index (χ0) is 21.9. The highest BCUT2D eigenvalue weighted by atomic mass is 32.2. The van der Waals surface area contributed by atoms with Gasteiger partial charge in [0.05, 0.1) is 11.4 Å². The number of aromatic nitrogens is 2. The molecule has 1 aromatic carbocycles. The molecule has 0 saturated heterocycles. The van der Waals surface area contributed by atoms with Crippen molar-refractivity contribution >= 4 is 21.7 Å². The number of carbonyl (C=O) groups excluding carboxylic acids is 1. The number of sulfonamides is 1. The Morgan fingerprint density at radius 2 is 1.90 bits per heavy atom. The molecule has 1 amide bonds. The van der Waals surface area contributed by atoms with Crippen LogP contribution in [0.15, 0.2) is 29.2 Å². The van der Waals surface area contributed by atoms with E-state index >= 15 is 0 Å². The quantitative estimate of drug-likeness (QED) is 0.588. The van der Waals surface area contributed by atoms with Crippen LogP contribution in [0.3, 0.4) is 0 Å². The molecule has 0 atom stereocenters. The van der Waals surface area contributed by atoms with Gasteiger partial charge in [0.1, 0.15) is 17.5 Å². The summed E-state index contributed by atoms with van der Waals surface area (Å²) in [5, 5.41) is 0. The summed E-state index contributed by atoms with van der Waals surface area (Å²) < 4.78 is 44.9. The van der Waals surface area contributed by atoms with E-state index in [1.54, 1.807) is 12.0 Å². The third-order valence-electron chi connectivity index (χ3n) is 5.00. The summed E-state index contributed by atoms with van der Waals surface area (Å²) in [4.78, 5) is 23.1. The van der Waals surface area contributed by atoms with E-state index in [0.717, 1.165) is 27.7 Å². The maximum atomic E-state index is 13.1. The molecule has 3 rings (SSSR count). The van der Waals surface area contributed by atoms with Crippen LogP contribution in [0, 0.1) is 12.7 Å². The van der Waals surface area contributed by atoms with E-state index in [1.807, 2.05) is 6.92 Å². The highest BCUT2D eigenvalue weighted by Gasteiger charge is 2.29. The Morgan fingerprint density at radius 3 is 2.57 bits per heavy atom. The van der Waals surface area contributed by atoms with Crippen molar-refractivity contribution in [1.29, 1.82) is 0 Å². The number of amides is 1. The van der Waals surface area contributed by atoms with E-state index in [-0.39, 0.29) is 17.3 Å². The van der Waals surface area contributed by atoms with E-state index in [2.05, 4.69) is 9.97 Å². The van der Waals surface area contributed by atoms with Crippen molar-refractivity contribution in [3.05, 3.63) is 47.2 Å². The maximum absolute atomic E-state index is 13.1. The van der Waals surface area contributed by atoms with E-state index in [1.165, 1.54) is 19.2 Å². The van der Waals surface area contributed by atoms with Crippen molar-refractivity contribution in [3.63, 3.8) is 0 Å². The standard InChI is InChI=1S/C20H25FN4O4S/c1-14-17-9-10-19(26)25(11-4-12-29-3)20(17)23-18(22-14)13-24(2)30(27,28)16-7-5-15(21)6-8-16/h5-8H,4,9-13H2,1-3H3. The Bertz CT molecular complexity index is 1030. The summed E-state index contributed by atoms with van der Waals surface area (Å²) in [5.74, 6) is 0.307. The van der Waals surface area contributed by atoms with E-state index in [9.17, 15) is 17.6 Å². The monoisotopic (exact) mass is 436 g/mol. The Balaban J connectivity index is 1.87. The number of ether oxygens (including phenoxy) is 1. The molecule has 162 valence electrons. The number of fused-ring (bicyclic) bond motifs is 1. The summed E-state index contributed by atoms with van der Waals surface area (Å²) in [5.41, 5.74) is 1.63. The first-order chi connectivity index (χ1) is 14.2. The third-order valence-corrected chi connectivity index (χ3v) is 6.82. The molecule has 1 aliphatic heterocycles. The minimum absolute atomic E-state index is 0.0162. The van der Waals surface area contributed by atoms with Crippen LogP contribution in [0.2, 0.25) is 0 Å². The number of nitrogens with zero attached hydrogens (tertiary/aromatic N) is 4. The second-order valence-electron chi connectivity index (χ2n) is 7.13. The van der Waals surface area contributed by atoms with Gasteiger partial charge in [-0.2, -0.15) is 4.31 Å². The average molecular weight is 437 g/mol. The number of anilines is 1. The maximum Gasteiger partial charge on any atom is 0.243 e. The molecule has 0 bridgehead atoms. The van der Waals surface area contributed by atoms with Crippen LogP contribution in [0.25, 0.3) is 0 Å². The minimum atomic E-state index is -3.84. The lowest BCUT2D eigenvalue weighted by molar-refractivity contribution is -0.119. The lowest BCUT2D eigenvalue weighted by atomic mass is 10.0. The van der Waals surface area contributed by atoms with Gasteiger partial charge in [0.15, 0.2) is 0 Å². The van der Waals surface area contributed by atoms with Crippen molar-refractivity contribution < 1.29 is 22.3 Å². The van der Waals surface area contributed by atoms with Crippen molar-refractivity contribution in [2.75, 3.05) is 32.2 Å². The van der Waals surface area contributed by atoms with Gasteiger partial charge in [-0.25, -0.2) is 22.8 Å². The lowest BCUT2D eigenvalue weighted by Crippen LogP contribution is -2.38. The second kappa shape index (κ2) is 9.15. The van der Waals surface area contributed by atoms with Crippen molar-refractivity contribution in [2.45, 2.75) is 37.6 Å². The fraction of sp³-hybridized carbons (Fsp3) is 0.450. The van der Waals surface area contributed by atoms with Crippen molar-refractivity contribution in [3.8, 4) is 0 Å². The van der Waals surface area contributed by atoms with Gasteiger partial charge in [-0.1, -0.05) is 0 Å². The summed E-state index contributed by atoms with van der Waals surface area (Å²) >= 11 is 0. The molecule has 0 fully saturated rings. The summed E-state index contributed by atoms with van der Waals surface area (Å²) in [6, 6.07) is 4.64. The molecule has 0 saturated carbocycles. The lowest BCUT2D eigenvalue weighted by Gasteiger charge is -2.29. The average Bonchev–Trinajstić information content (AvgIpc) is 2.70. The molecular formula is C20H25FN4O4S. The molecule has 0 radical (unpaired) electrons. The van der Waals surface area contributed by atoms with Gasteiger partial charge in [0.2, 0.25) is 15.9 Å². The van der Waals surface area contributed by atoms with Crippen LogP contribution >= 0.6 is 0 Å².